The van der Waals surface area contributed by atoms with Crippen molar-refractivity contribution in [1.29, 1.82) is 0 Å². The quantitative estimate of drug-likeness (QED) is 0.876. The highest BCUT2D eigenvalue weighted by atomic mass is 32.1. The fourth-order valence-corrected chi connectivity index (χ4v) is 2.31. The van der Waals surface area contributed by atoms with E-state index in [4.69, 9.17) is 0 Å². The molecule has 0 bridgehead atoms. The second-order valence-corrected chi connectivity index (χ2v) is 4.76. The lowest BCUT2D eigenvalue weighted by Crippen LogP contribution is -2.04. The normalized spacial score (nSPS) is 11.0. The number of rotatable bonds is 3. The van der Waals surface area contributed by atoms with Crippen LogP contribution in [0.3, 0.4) is 0 Å². The molecule has 86 valence electrons. The lowest BCUT2D eigenvalue weighted by atomic mass is 10.2. The first-order valence-electron chi connectivity index (χ1n) is 5.13. The molecule has 2 heterocycles. The van der Waals surface area contributed by atoms with Crippen molar-refractivity contribution >= 4 is 11.3 Å². The summed E-state index contributed by atoms with van der Waals surface area (Å²) in [5.74, 6) is 0. The number of hydrogen-bond donors (Lipinski definition) is 1. The lowest BCUT2D eigenvalue weighted by Gasteiger charge is -1.97. The maximum Gasteiger partial charge on any atom is 0.233 e. The van der Waals surface area contributed by atoms with Crippen LogP contribution in [-0.2, 0) is 6.54 Å². The van der Waals surface area contributed by atoms with Crippen molar-refractivity contribution in [2.75, 3.05) is 7.05 Å². The molecule has 1 N–H and O–H groups in total. The molecule has 0 aliphatic carbocycles. The molecule has 0 aliphatic heterocycles. The first kappa shape index (κ1) is 11.2. The van der Waals surface area contributed by atoms with Crippen LogP contribution in [0, 0.1) is 20.8 Å². The van der Waals surface area contributed by atoms with Crippen LogP contribution in [0.25, 0.3) is 5.13 Å². The molecule has 16 heavy (non-hydrogen) atoms. The van der Waals surface area contributed by atoms with Gasteiger partial charge in [-0.3, -0.25) is 0 Å². The Morgan fingerprint density at radius 2 is 2.00 bits per heavy atom. The van der Waals surface area contributed by atoms with Crippen molar-refractivity contribution in [3.8, 4) is 5.13 Å². The molecule has 0 aromatic carbocycles. The summed E-state index contributed by atoms with van der Waals surface area (Å²) in [6, 6.07) is 0. The summed E-state index contributed by atoms with van der Waals surface area (Å²) in [5, 5.41) is 17.6. The van der Waals surface area contributed by atoms with Gasteiger partial charge in [0.2, 0.25) is 5.13 Å². The summed E-state index contributed by atoms with van der Waals surface area (Å²) in [4.78, 5) is 0. The smallest absolute Gasteiger partial charge is 0.233 e. The maximum atomic E-state index is 4.46. The van der Waals surface area contributed by atoms with Crippen molar-refractivity contribution in [3.05, 3.63) is 22.0 Å². The number of aromatic nitrogens is 4. The van der Waals surface area contributed by atoms with Gasteiger partial charge in [-0.15, -0.1) is 10.2 Å². The van der Waals surface area contributed by atoms with Crippen LogP contribution >= 0.6 is 11.3 Å². The van der Waals surface area contributed by atoms with Crippen LogP contribution in [0.1, 0.15) is 22.0 Å². The van der Waals surface area contributed by atoms with Crippen molar-refractivity contribution in [2.24, 2.45) is 0 Å². The second-order valence-electron chi connectivity index (χ2n) is 3.72. The highest BCUT2D eigenvalue weighted by Crippen LogP contribution is 2.19. The summed E-state index contributed by atoms with van der Waals surface area (Å²) in [6.45, 7) is 6.88. The van der Waals surface area contributed by atoms with Gasteiger partial charge in [0.15, 0.2) is 0 Å². The Morgan fingerprint density at radius 3 is 2.56 bits per heavy atom. The molecule has 6 heteroatoms. The number of aryl methyl sites for hydroxylation is 1. The fraction of sp³-hybridized carbons (Fsp3) is 0.500. The van der Waals surface area contributed by atoms with E-state index in [1.165, 1.54) is 5.56 Å². The van der Waals surface area contributed by atoms with Gasteiger partial charge in [0, 0.05) is 12.2 Å². The first-order chi connectivity index (χ1) is 7.63. The van der Waals surface area contributed by atoms with Crippen LogP contribution in [-0.4, -0.2) is 27.0 Å². The Morgan fingerprint density at radius 1 is 1.25 bits per heavy atom. The third-order valence-corrected chi connectivity index (χ3v) is 3.52. The second kappa shape index (κ2) is 4.31. The number of nitrogens with one attached hydrogen (secondary N) is 1. The summed E-state index contributed by atoms with van der Waals surface area (Å²) in [5.41, 5.74) is 3.39. The van der Waals surface area contributed by atoms with Gasteiger partial charge in [-0.05, 0) is 33.4 Å². The van der Waals surface area contributed by atoms with Crippen LogP contribution in [0.5, 0.6) is 0 Å². The first-order valence-corrected chi connectivity index (χ1v) is 5.95. The Labute approximate surface area is 98.5 Å². The molecule has 0 unspecified atom stereocenters. The van der Waals surface area contributed by atoms with Gasteiger partial charge in [0.05, 0.1) is 5.69 Å². The molecule has 2 rings (SSSR count). The van der Waals surface area contributed by atoms with Gasteiger partial charge >= 0.3 is 0 Å². The Bertz CT molecular complexity index is 499. The van der Waals surface area contributed by atoms with Crippen molar-refractivity contribution in [2.45, 2.75) is 27.3 Å². The number of hydrogen-bond acceptors (Lipinski definition) is 5. The molecule has 0 radical (unpaired) electrons. The van der Waals surface area contributed by atoms with E-state index in [1.54, 1.807) is 11.3 Å². The predicted octanol–water partition coefficient (Wildman–Crippen LogP) is 1.37. The van der Waals surface area contributed by atoms with E-state index >= 15 is 0 Å². The topological polar surface area (TPSA) is 55.6 Å². The fourth-order valence-electron chi connectivity index (χ4n) is 1.46. The van der Waals surface area contributed by atoms with Crippen molar-refractivity contribution < 1.29 is 0 Å². The van der Waals surface area contributed by atoms with E-state index in [0.29, 0.717) is 0 Å². The van der Waals surface area contributed by atoms with Crippen molar-refractivity contribution in [3.63, 3.8) is 0 Å². The van der Waals surface area contributed by atoms with Crippen LogP contribution in [0.15, 0.2) is 0 Å². The molecule has 0 spiro atoms. The Kier molecular flexibility index (Phi) is 3.02. The zero-order valence-electron chi connectivity index (χ0n) is 9.90. The van der Waals surface area contributed by atoms with Crippen LogP contribution in [0.2, 0.25) is 0 Å². The highest BCUT2D eigenvalue weighted by Gasteiger charge is 2.12. The molecule has 0 amide bonds. The minimum absolute atomic E-state index is 0.746. The average molecular weight is 237 g/mol. The van der Waals surface area contributed by atoms with Crippen molar-refractivity contribution in [1.82, 2.24) is 25.3 Å². The molecule has 0 fully saturated rings. The third-order valence-electron chi connectivity index (χ3n) is 2.62. The van der Waals surface area contributed by atoms with E-state index in [9.17, 15) is 0 Å². The minimum Gasteiger partial charge on any atom is -0.313 e. The number of nitrogens with zero attached hydrogens (tertiary/aromatic N) is 4. The SMILES string of the molecule is CNCc1nnc(-n2nc(C)c(C)c2C)s1. The molecule has 2 aromatic heterocycles. The standard InChI is InChI=1S/C10H15N5S/c1-6-7(2)14-15(8(6)3)10-13-12-9(16-10)5-11-4/h11H,5H2,1-4H3. The average Bonchev–Trinajstić information content (AvgIpc) is 2.80. The van der Waals surface area contributed by atoms with Gasteiger partial charge < -0.3 is 5.32 Å². The zero-order valence-corrected chi connectivity index (χ0v) is 10.7. The molecule has 5 nitrogen and oxygen atoms in total. The van der Waals surface area contributed by atoms with Gasteiger partial charge in [-0.2, -0.15) is 5.10 Å². The minimum atomic E-state index is 0.746. The van der Waals surface area contributed by atoms with Gasteiger partial charge in [-0.25, -0.2) is 4.68 Å². The third kappa shape index (κ3) is 1.85. The van der Waals surface area contributed by atoms with Gasteiger partial charge in [0.25, 0.3) is 0 Å². The van der Waals surface area contributed by atoms with E-state index in [2.05, 4.69) is 34.5 Å². The molecule has 2 aromatic rings. The predicted molar refractivity (Wildman–Crippen MR) is 64.0 cm³/mol. The monoisotopic (exact) mass is 237 g/mol. The largest absolute Gasteiger partial charge is 0.313 e. The molecule has 0 atom stereocenters. The molecule has 0 aliphatic rings. The Hall–Kier alpha value is -1.27. The van der Waals surface area contributed by atoms with E-state index < -0.39 is 0 Å². The van der Waals surface area contributed by atoms with E-state index in [-0.39, 0.29) is 0 Å². The molecule has 0 saturated carbocycles. The Balaban J connectivity index is 2.38. The van der Waals surface area contributed by atoms with Crippen LogP contribution in [0.4, 0.5) is 0 Å². The maximum absolute atomic E-state index is 4.46. The van der Waals surface area contributed by atoms with Crippen LogP contribution < -0.4 is 5.32 Å². The highest BCUT2D eigenvalue weighted by molar-refractivity contribution is 7.13. The summed E-state index contributed by atoms with van der Waals surface area (Å²) in [6.07, 6.45) is 0. The molecular weight excluding hydrogens is 222 g/mol. The summed E-state index contributed by atoms with van der Waals surface area (Å²) >= 11 is 1.56. The van der Waals surface area contributed by atoms with Gasteiger partial charge in [0.1, 0.15) is 5.01 Å². The summed E-state index contributed by atoms with van der Waals surface area (Å²) in [7, 11) is 1.90. The van der Waals surface area contributed by atoms with Gasteiger partial charge in [-0.1, -0.05) is 11.3 Å². The van der Waals surface area contributed by atoms with E-state index in [1.807, 2.05) is 18.7 Å². The summed E-state index contributed by atoms with van der Waals surface area (Å²) < 4.78 is 1.86. The molecule has 0 saturated heterocycles. The lowest BCUT2D eigenvalue weighted by molar-refractivity contribution is 0.777. The zero-order chi connectivity index (χ0) is 11.7. The van der Waals surface area contributed by atoms with E-state index in [0.717, 1.165) is 28.1 Å². The molecular formula is C10H15N5S.